The summed E-state index contributed by atoms with van der Waals surface area (Å²) in [5, 5.41) is 0. The second-order valence-corrected chi connectivity index (χ2v) is 6.95. The summed E-state index contributed by atoms with van der Waals surface area (Å²) in [7, 11) is 1.61. The topological polar surface area (TPSA) is 43.4 Å². The summed E-state index contributed by atoms with van der Waals surface area (Å²) >= 11 is 5.45. The Morgan fingerprint density at radius 2 is 1.81 bits per heavy atom. The monoisotopic (exact) mass is 342 g/mol. The van der Waals surface area contributed by atoms with E-state index in [4.69, 9.17) is 27.0 Å². The van der Waals surface area contributed by atoms with Gasteiger partial charge in [0.25, 0.3) is 9.05 Å². The molecule has 0 fully saturated rings. The van der Waals surface area contributed by atoms with Gasteiger partial charge in [0.1, 0.15) is 12.4 Å². The number of halogens is 2. The number of hydrogen-bond donors (Lipinski definition) is 0. The predicted octanol–water partition coefficient (Wildman–Crippen LogP) is 4.41. The highest BCUT2D eigenvalue weighted by atomic mass is 35.7. The third-order valence-corrected chi connectivity index (χ3v) is 4.27. The van der Waals surface area contributed by atoms with Crippen molar-refractivity contribution in [2.75, 3.05) is 6.61 Å². The molecule has 0 saturated carbocycles. The molecule has 0 spiro atoms. The fourth-order valence-electron chi connectivity index (χ4n) is 1.80. The van der Waals surface area contributed by atoms with Crippen molar-refractivity contribution in [2.24, 2.45) is 0 Å². The lowest BCUT2D eigenvalue weighted by Crippen LogP contribution is -1.98. The van der Waals surface area contributed by atoms with Crippen molar-refractivity contribution in [3.05, 3.63) is 60.1 Å². The number of rotatable bonds is 5. The lowest BCUT2D eigenvalue weighted by molar-refractivity contribution is 0.364. The molecule has 0 aliphatic heterocycles. The Morgan fingerprint density at radius 3 is 2.43 bits per heavy atom. The van der Waals surface area contributed by atoms with Crippen LogP contribution in [0.1, 0.15) is 0 Å². The van der Waals surface area contributed by atoms with Crippen LogP contribution in [0, 0.1) is 0 Å². The number of hydrogen-bond acceptors (Lipinski definition) is 3. The zero-order valence-corrected chi connectivity index (χ0v) is 13.2. The molecule has 110 valence electrons. The Labute approximate surface area is 133 Å². The van der Waals surface area contributed by atoms with Gasteiger partial charge in [0.2, 0.25) is 0 Å². The van der Waals surface area contributed by atoms with E-state index in [1.807, 2.05) is 30.3 Å². The van der Waals surface area contributed by atoms with Crippen molar-refractivity contribution < 1.29 is 13.2 Å². The van der Waals surface area contributed by atoms with Crippen LogP contribution in [0.3, 0.4) is 0 Å². The first-order valence-electron chi connectivity index (χ1n) is 6.04. The highest BCUT2D eigenvalue weighted by Crippen LogP contribution is 2.33. The SMILES string of the molecule is O=S(=O)(Cl)c1ccc(OC/C=C/Cl)c(-c2ccccc2)c1. The van der Waals surface area contributed by atoms with Gasteiger partial charge >= 0.3 is 0 Å². The molecule has 0 heterocycles. The average Bonchev–Trinajstić information content (AvgIpc) is 2.47. The quantitative estimate of drug-likeness (QED) is 0.755. The van der Waals surface area contributed by atoms with Gasteiger partial charge in [-0.25, -0.2) is 8.42 Å². The van der Waals surface area contributed by atoms with E-state index in [0.717, 1.165) is 5.56 Å². The minimum absolute atomic E-state index is 0.0308. The van der Waals surface area contributed by atoms with Gasteiger partial charge in [-0.1, -0.05) is 41.9 Å². The molecule has 0 saturated heterocycles. The van der Waals surface area contributed by atoms with E-state index in [1.54, 1.807) is 12.1 Å². The highest BCUT2D eigenvalue weighted by molar-refractivity contribution is 8.13. The van der Waals surface area contributed by atoms with Crippen LogP contribution >= 0.6 is 22.3 Å². The molecule has 0 bridgehead atoms. The molecule has 0 aromatic heterocycles. The van der Waals surface area contributed by atoms with E-state index in [9.17, 15) is 8.42 Å². The Balaban J connectivity index is 2.50. The largest absolute Gasteiger partial charge is 0.489 e. The summed E-state index contributed by atoms with van der Waals surface area (Å²) in [6.07, 6.45) is 1.64. The summed E-state index contributed by atoms with van der Waals surface area (Å²) < 4.78 is 28.6. The van der Waals surface area contributed by atoms with Gasteiger partial charge in [-0.2, -0.15) is 0 Å². The van der Waals surface area contributed by atoms with Crippen molar-refractivity contribution in [3.8, 4) is 16.9 Å². The predicted molar refractivity (Wildman–Crippen MR) is 85.4 cm³/mol. The van der Waals surface area contributed by atoms with Gasteiger partial charge in [-0.05, 0) is 29.8 Å². The van der Waals surface area contributed by atoms with Crippen LogP contribution in [0.15, 0.2) is 65.0 Å². The van der Waals surface area contributed by atoms with E-state index < -0.39 is 9.05 Å². The second-order valence-electron chi connectivity index (χ2n) is 4.13. The molecular weight excluding hydrogens is 331 g/mol. The van der Waals surface area contributed by atoms with Crippen LogP contribution < -0.4 is 4.74 Å². The first-order valence-corrected chi connectivity index (χ1v) is 8.79. The van der Waals surface area contributed by atoms with Crippen LogP contribution in [0.5, 0.6) is 5.75 Å². The molecule has 2 aromatic carbocycles. The molecule has 0 aliphatic carbocycles. The van der Waals surface area contributed by atoms with Gasteiger partial charge in [-0.15, -0.1) is 0 Å². The van der Waals surface area contributed by atoms with Gasteiger partial charge < -0.3 is 4.74 Å². The molecule has 2 rings (SSSR count). The van der Waals surface area contributed by atoms with E-state index in [-0.39, 0.29) is 11.5 Å². The zero-order valence-electron chi connectivity index (χ0n) is 10.9. The van der Waals surface area contributed by atoms with Crippen LogP contribution in [-0.4, -0.2) is 15.0 Å². The third kappa shape index (κ3) is 4.24. The van der Waals surface area contributed by atoms with Crippen molar-refractivity contribution in [1.82, 2.24) is 0 Å². The Morgan fingerprint density at radius 1 is 1.10 bits per heavy atom. The average molecular weight is 343 g/mol. The number of benzene rings is 2. The van der Waals surface area contributed by atoms with E-state index in [2.05, 4.69) is 0 Å². The molecular formula is C15H12Cl2O3S. The molecule has 0 radical (unpaired) electrons. The molecule has 0 unspecified atom stereocenters. The lowest BCUT2D eigenvalue weighted by atomic mass is 10.0. The molecule has 0 aliphatic rings. The fourth-order valence-corrected chi connectivity index (χ4v) is 2.65. The van der Waals surface area contributed by atoms with Crippen molar-refractivity contribution in [1.29, 1.82) is 0 Å². The molecule has 0 amide bonds. The lowest BCUT2D eigenvalue weighted by Gasteiger charge is -2.11. The Kier molecular flexibility index (Phi) is 5.28. The van der Waals surface area contributed by atoms with E-state index >= 15 is 0 Å². The Hall–Kier alpha value is -1.49. The molecule has 2 aromatic rings. The van der Waals surface area contributed by atoms with Gasteiger partial charge in [0.05, 0.1) is 4.90 Å². The van der Waals surface area contributed by atoms with Crippen molar-refractivity contribution in [2.45, 2.75) is 4.90 Å². The van der Waals surface area contributed by atoms with E-state index in [1.165, 1.54) is 17.7 Å². The van der Waals surface area contributed by atoms with Crippen LogP contribution in [0.4, 0.5) is 0 Å². The molecule has 6 heteroatoms. The Bertz CT molecular complexity index is 741. The smallest absolute Gasteiger partial charge is 0.261 e. The second kappa shape index (κ2) is 6.98. The normalized spacial score (nSPS) is 11.7. The van der Waals surface area contributed by atoms with Crippen molar-refractivity contribution in [3.63, 3.8) is 0 Å². The third-order valence-electron chi connectivity index (χ3n) is 2.74. The maximum atomic E-state index is 11.5. The summed E-state index contributed by atoms with van der Waals surface area (Å²) in [6.45, 7) is 0.288. The van der Waals surface area contributed by atoms with E-state index in [0.29, 0.717) is 11.3 Å². The standard InChI is InChI=1S/C15H12Cl2O3S/c16-9-4-10-20-15-8-7-13(21(17,18)19)11-14(15)12-5-2-1-3-6-12/h1-9,11H,10H2/b9-4+. The minimum atomic E-state index is -3.79. The van der Waals surface area contributed by atoms with Crippen molar-refractivity contribution >= 4 is 31.3 Å². The van der Waals surface area contributed by atoms with Crippen LogP contribution in [-0.2, 0) is 9.05 Å². The van der Waals surface area contributed by atoms with Gasteiger partial charge in [-0.3, -0.25) is 0 Å². The first-order chi connectivity index (χ1) is 10.0. The number of ether oxygens (including phenoxy) is 1. The first kappa shape index (κ1) is 15.9. The van der Waals surface area contributed by atoms with Crippen LogP contribution in [0.25, 0.3) is 11.1 Å². The minimum Gasteiger partial charge on any atom is -0.489 e. The highest BCUT2D eigenvalue weighted by Gasteiger charge is 2.14. The molecule has 21 heavy (non-hydrogen) atoms. The summed E-state index contributed by atoms with van der Waals surface area (Å²) in [5.41, 5.74) is 2.85. The fraction of sp³-hybridized carbons (Fsp3) is 0.0667. The van der Waals surface area contributed by atoms with Crippen LogP contribution in [0.2, 0.25) is 0 Å². The molecule has 0 N–H and O–H groups in total. The van der Waals surface area contributed by atoms with Gasteiger partial charge in [0.15, 0.2) is 0 Å². The maximum Gasteiger partial charge on any atom is 0.261 e. The summed E-state index contributed by atoms with van der Waals surface area (Å²) in [4.78, 5) is 0.0308. The summed E-state index contributed by atoms with van der Waals surface area (Å²) in [6, 6.07) is 13.8. The zero-order chi connectivity index (χ0) is 15.3. The maximum absolute atomic E-state index is 11.5. The van der Waals surface area contributed by atoms with Gasteiger partial charge in [0, 0.05) is 21.8 Å². The molecule has 3 nitrogen and oxygen atoms in total. The molecule has 0 atom stereocenters. The summed E-state index contributed by atoms with van der Waals surface area (Å²) in [5.74, 6) is 0.556.